The van der Waals surface area contributed by atoms with Crippen LogP contribution in [-0.4, -0.2) is 5.91 Å². The molecule has 3 nitrogen and oxygen atoms in total. The van der Waals surface area contributed by atoms with Crippen LogP contribution in [-0.2, 0) is 6.54 Å². The Morgan fingerprint density at radius 1 is 1.30 bits per heavy atom. The molecule has 0 bridgehead atoms. The Labute approximate surface area is 126 Å². The molecule has 0 radical (unpaired) electrons. The molecule has 0 aliphatic rings. The standard InChI is InChI=1S/C16H13BrN2O/c1-11-7-14(5-6-15(11)17)16(20)19-10-13-4-2-3-12(8-13)9-18/h2-8H,10H2,1H3,(H,19,20). The summed E-state index contributed by atoms with van der Waals surface area (Å²) >= 11 is 3.41. The van der Waals surface area contributed by atoms with Crippen molar-refractivity contribution in [2.45, 2.75) is 13.5 Å². The highest BCUT2D eigenvalue weighted by Gasteiger charge is 2.06. The summed E-state index contributed by atoms with van der Waals surface area (Å²) in [7, 11) is 0. The Balaban J connectivity index is 2.05. The number of halogens is 1. The highest BCUT2D eigenvalue weighted by Crippen LogP contribution is 2.17. The van der Waals surface area contributed by atoms with E-state index in [1.807, 2.05) is 31.2 Å². The molecule has 0 aromatic heterocycles. The molecule has 4 heteroatoms. The molecule has 0 saturated carbocycles. The molecule has 0 saturated heterocycles. The van der Waals surface area contributed by atoms with Crippen LogP contribution >= 0.6 is 15.9 Å². The van der Waals surface area contributed by atoms with Gasteiger partial charge in [-0.25, -0.2) is 0 Å². The van der Waals surface area contributed by atoms with Crippen molar-refractivity contribution < 1.29 is 4.79 Å². The van der Waals surface area contributed by atoms with Gasteiger partial charge in [-0.1, -0.05) is 28.1 Å². The van der Waals surface area contributed by atoms with Gasteiger partial charge in [-0.15, -0.1) is 0 Å². The summed E-state index contributed by atoms with van der Waals surface area (Å²) in [5.41, 5.74) is 3.15. The van der Waals surface area contributed by atoms with Gasteiger partial charge in [0, 0.05) is 16.6 Å². The van der Waals surface area contributed by atoms with E-state index in [4.69, 9.17) is 5.26 Å². The van der Waals surface area contributed by atoms with Crippen LogP contribution in [0, 0.1) is 18.3 Å². The first kappa shape index (κ1) is 14.3. The Hall–Kier alpha value is -2.12. The maximum absolute atomic E-state index is 12.0. The molecule has 0 unspecified atom stereocenters. The number of amides is 1. The molecule has 2 aromatic carbocycles. The van der Waals surface area contributed by atoms with E-state index in [1.165, 1.54) is 0 Å². The van der Waals surface area contributed by atoms with Crippen molar-refractivity contribution in [3.05, 3.63) is 69.2 Å². The predicted octanol–water partition coefficient (Wildman–Crippen LogP) is 3.56. The maximum atomic E-state index is 12.0. The predicted molar refractivity (Wildman–Crippen MR) is 81.2 cm³/mol. The van der Waals surface area contributed by atoms with Crippen LogP contribution in [0.3, 0.4) is 0 Å². The molecule has 2 aromatic rings. The van der Waals surface area contributed by atoms with E-state index in [2.05, 4.69) is 27.3 Å². The number of carbonyl (C=O) groups excluding carboxylic acids is 1. The van der Waals surface area contributed by atoms with E-state index in [1.54, 1.807) is 18.2 Å². The Bertz CT molecular complexity index is 689. The van der Waals surface area contributed by atoms with E-state index in [0.717, 1.165) is 15.6 Å². The van der Waals surface area contributed by atoms with Crippen LogP contribution in [0.5, 0.6) is 0 Å². The zero-order chi connectivity index (χ0) is 14.5. The van der Waals surface area contributed by atoms with E-state index >= 15 is 0 Å². The lowest BCUT2D eigenvalue weighted by Crippen LogP contribution is -2.22. The maximum Gasteiger partial charge on any atom is 0.251 e. The highest BCUT2D eigenvalue weighted by molar-refractivity contribution is 9.10. The number of nitrogens with zero attached hydrogens (tertiary/aromatic N) is 1. The SMILES string of the molecule is Cc1cc(C(=O)NCc2cccc(C#N)c2)ccc1Br. The van der Waals surface area contributed by atoms with Crippen molar-refractivity contribution in [2.24, 2.45) is 0 Å². The van der Waals surface area contributed by atoms with Crippen LogP contribution in [0.1, 0.15) is 27.0 Å². The molecule has 0 spiro atoms. The third-order valence-electron chi connectivity index (χ3n) is 2.93. The van der Waals surface area contributed by atoms with Gasteiger partial charge in [0.15, 0.2) is 0 Å². The summed E-state index contributed by atoms with van der Waals surface area (Å²) in [6, 6.07) is 14.8. The van der Waals surface area contributed by atoms with Gasteiger partial charge >= 0.3 is 0 Å². The fraction of sp³-hybridized carbons (Fsp3) is 0.125. The molecule has 1 amide bonds. The summed E-state index contributed by atoms with van der Waals surface area (Å²) in [6.45, 7) is 2.35. The van der Waals surface area contributed by atoms with Crippen molar-refractivity contribution in [3.63, 3.8) is 0 Å². The van der Waals surface area contributed by atoms with Crippen molar-refractivity contribution in [1.82, 2.24) is 5.32 Å². The molecule has 2 rings (SSSR count). The van der Waals surface area contributed by atoms with Crippen LogP contribution < -0.4 is 5.32 Å². The van der Waals surface area contributed by atoms with Crippen LogP contribution in [0.15, 0.2) is 46.9 Å². The summed E-state index contributed by atoms with van der Waals surface area (Å²) in [4.78, 5) is 12.0. The minimum Gasteiger partial charge on any atom is -0.348 e. The number of hydrogen-bond acceptors (Lipinski definition) is 2. The second kappa shape index (κ2) is 6.36. The Morgan fingerprint density at radius 3 is 2.80 bits per heavy atom. The fourth-order valence-corrected chi connectivity index (χ4v) is 2.07. The van der Waals surface area contributed by atoms with Gasteiger partial charge in [0.25, 0.3) is 5.91 Å². The number of nitrogens with one attached hydrogen (secondary N) is 1. The lowest BCUT2D eigenvalue weighted by molar-refractivity contribution is 0.0951. The number of hydrogen-bond donors (Lipinski definition) is 1. The van der Waals surface area contributed by atoms with Crippen molar-refractivity contribution >= 4 is 21.8 Å². The molecular formula is C16H13BrN2O. The number of rotatable bonds is 3. The minimum absolute atomic E-state index is 0.122. The fourth-order valence-electron chi connectivity index (χ4n) is 1.82. The molecule has 0 heterocycles. The third-order valence-corrected chi connectivity index (χ3v) is 3.82. The normalized spacial score (nSPS) is 9.85. The summed E-state index contributed by atoms with van der Waals surface area (Å²) < 4.78 is 0.982. The van der Waals surface area contributed by atoms with Crippen LogP contribution in [0.25, 0.3) is 0 Å². The molecule has 1 N–H and O–H groups in total. The number of aryl methyl sites for hydroxylation is 1. The van der Waals surface area contributed by atoms with Crippen molar-refractivity contribution in [1.29, 1.82) is 5.26 Å². The van der Waals surface area contributed by atoms with Gasteiger partial charge < -0.3 is 5.32 Å². The Kier molecular flexibility index (Phi) is 4.54. The number of nitriles is 1. The molecule has 0 aliphatic heterocycles. The number of carbonyl (C=O) groups is 1. The summed E-state index contributed by atoms with van der Waals surface area (Å²) in [5.74, 6) is -0.122. The second-order valence-corrected chi connectivity index (χ2v) is 5.31. The smallest absolute Gasteiger partial charge is 0.251 e. The van der Waals surface area contributed by atoms with Crippen LogP contribution in [0.2, 0.25) is 0 Å². The molecule has 0 fully saturated rings. The topological polar surface area (TPSA) is 52.9 Å². The first-order chi connectivity index (χ1) is 9.60. The minimum atomic E-state index is -0.122. The van der Waals surface area contributed by atoms with E-state index < -0.39 is 0 Å². The third kappa shape index (κ3) is 3.46. The van der Waals surface area contributed by atoms with Gasteiger partial charge in [-0.05, 0) is 48.4 Å². The van der Waals surface area contributed by atoms with Gasteiger partial charge in [-0.2, -0.15) is 5.26 Å². The van der Waals surface area contributed by atoms with E-state index in [-0.39, 0.29) is 5.91 Å². The number of benzene rings is 2. The zero-order valence-corrected chi connectivity index (χ0v) is 12.6. The monoisotopic (exact) mass is 328 g/mol. The molecule has 100 valence electrons. The highest BCUT2D eigenvalue weighted by atomic mass is 79.9. The average molecular weight is 329 g/mol. The lowest BCUT2D eigenvalue weighted by atomic mass is 10.1. The summed E-state index contributed by atoms with van der Waals surface area (Å²) in [6.07, 6.45) is 0. The van der Waals surface area contributed by atoms with Gasteiger partial charge in [0.1, 0.15) is 0 Å². The van der Waals surface area contributed by atoms with Gasteiger partial charge in [0.2, 0.25) is 0 Å². The summed E-state index contributed by atoms with van der Waals surface area (Å²) in [5, 5.41) is 11.7. The van der Waals surface area contributed by atoms with Crippen molar-refractivity contribution in [2.75, 3.05) is 0 Å². The lowest BCUT2D eigenvalue weighted by Gasteiger charge is -2.07. The van der Waals surface area contributed by atoms with Crippen LogP contribution in [0.4, 0.5) is 0 Å². The largest absolute Gasteiger partial charge is 0.348 e. The van der Waals surface area contributed by atoms with Crippen molar-refractivity contribution in [3.8, 4) is 6.07 Å². The molecule has 0 atom stereocenters. The molecular weight excluding hydrogens is 316 g/mol. The first-order valence-electron chi connectivity index (χ1n) is 6.13. The molecule has 20 heavy (non-hydrogen) atoms. The van der Waals surface area contributed by atoms with Gasteiger partial charge in [-0.3, -0.25) is 4.79 Å². The zero-order valence-electron chi connectivity index (χ0n) is 11.0. The Morgan fingerprint density at radius 2 is 2.10 bits per heavy atom. The van der Waals surface area contributed by atoms with E-state index in [9.17, 15) is 4.79 Å². The average Bonchev–Trinajstić information content (AvgIpc) is 2.47. The second-order valence-electron chi connectivity index (χ2n) is 4.46. The first-order valence-corrected chi connectivity index (χ1v) is 6.93. The van der Waals surface area contributed by atoms with E-state index in [0.29, 0.717) is 17.7 Å². The van der Waals surface area contributed by atoms with Gasteiger partial charge in [0.05, 0.1) is 11.6 Å². The quantitative estimate of drug-likeness (QED) is 0.936. The molecule has 0 aliphatic carbocycles.